The highest BCUT2D eigenvalue weighted by Gasteiger charge is 2.30. The number of benzene rings is 3. The molecule has 5 rings (SSSR count). The largest absolute Gasteiger partial charge is 0.422 e. The maximum atomic E-state index is 12.6. The van der Waals surface area contributed by atoms with Crippen molar-refractivity contribution in [2.75, 3.05) is 11.9 Å². The van der Waals surface area contributed by atoms with Crippen LogP contribution in [0.15, 0.2) is 66.7 Å². The molecule has 1 N–H and O–H groups in total. The molecule has 5 heteroatoms. The van der Waals surface area contributed by atoms with Gasteiger partial charge in [-0.1, -0.05) is 42.5 Å². The molecule has 29 heavy (non-hydrogen) atoms. The highest BCUT2D eigenvalue weighted by molar-refractivity contribution is 6.21. The number of anilines is 1. The molecule has 3 aromatic rings. The van der Waals surface area contributed by atoms with E-state index in [0.29, 0.717) is 33.1 Å². The molecule has 0 spiro atoms. The number of carbonyl (C=O) groups excluding carboxylic acids is 2. The molecule has 142 valence electrons. The van der Waals surface area contributed by atoms with Crippen LogP contribution in [0.4, 0.5) is 5.69 Å². The molecule has 2 aliphatic heterocycles. The second-order valence-corrected chi connectivity index (χ2v) is 6.85. The third-order valence-electron chi connectivity index (χ3n) is 5.05. The van der Waals surface area contributed by atoms with Crippen LogP contribution < -0.4 is 25.2 Å². The molecule has 3 aromatic carbocycles. The van der Waals surface area contributed by atoms with E-state index in [1.54, 1.807) is 12.1 Å². The zero-order chi connectivity index (χ0) is 20.0. The molecule has 2 aliphatic rings. The number of nitrogens with one attached hydrogen (secondary N) is 1. The summed E-state index contributed by atoms with van der Waals surface area (Å²) in [6.45, 7) is 2.84. The highest BCUT2D eigenvalue weighted by Crippen LogP contribution is 2.27. The molecule has 0 aromatic heterocycles. The number of carbonyl (C=O) groups is 2. The molecule has 0 fully saturated rings. The van der Waals surface area contributed by atoms with Crippen molar-refractivity contribution in [1.29, 1.82) is 0 Å². The summed E-state index contributed by atoms with van der Waals surface area (Å²) in [5, 5.41) is 4.50. The smallest absolute Gasteiger partial charge is 0.344 e. The molecular weight excluding hydrogens is 366 g/mol. The summed E-state index contributed by atoms with van der Waals surface area (Å²) in [6, 6.07) is 20.4. The van der Waals surface area contributed by atoms with Crippen molar-refractivity contribution in [1.82, 2.24) is 0 Å². The fourth-order valence-corrected chi connectivity index (χ4v) is 3.75. The third kappa shape index (κ3) is 2.79. The Balaban J connectivity index is 1.70. The summed E-state index contributed by atoms with van der Waals surface area (Å²) >= 11 is 0. The van der Waals surface area contributed by atoms with Crippen LogP contribution in [0.25, 0.3) is 11.1 Å². The fourth-order valence-electron chi connectivity index (χ4n) is 3.75. The third-order valence-corrected chi connectivity index (χ3v) is 5.05. The lowest BCUT2D eigenvalue weighted by atomic mass is 10.0. The van der Waals surface area contributed by atoms with E-state index in [0.717, 1.165) is 23.4 Å². The van der Waals surface area contributed by atoms with Crippen molar-refractivity contribution in [3.8, 4) is 11.5 Å². The lowest BCUT2D eigenvalue weighted by Gasteiger charge is -2.04. The summed E-state index contributed by atoms with van der Waals surface area (Å²) < 4.78 is 11.0. The van der Waals surface area contributed by atoms with Gasteiger partial charge < -0.3 is 14.8 Å². The Kier molecular flexibility index (Phi) is 3.95. The Morgan fingerprint density at radius 2 is 1.24 bits per heavy atom. The number of ether oxygens (including phenoxy) is 2. The molecular formula is C24H17NO4. The molecule has 0 radical (unpaired) electrons. The number of rotatable bonds is 4. The van der Waals surface area contributed by atoms with Crippen LogP contribution in [0.1, 0.15) is 18.1 Å². The quantitative estimate of drug-likeness (QED) is 0.554. The average molecular weight is 383 g/mol. The number of hydrogen-bond acceptors (Lipinski definition) is 5. The Morgan fingerprint density at radius 3 is 1.76 bits per heavy atom. The summed E-state index contributed by atoms with van der Waals surface area (Å²) in [5.74, 6) is 0.0594. The van der Waals surface area contributed by atoms with Crippen molar-refractivity contribution in [2.45, 2.75) is 6.92 Å². The van der Waals surface area contributed by atoms with Crippen LogP contribution in [0.5, 0.6) is 11.5 Å². The van der Waals surface area contributed by atoms with Gasteiger partial charge in [-0.25, -0.2) is 9.59 Å². The van der Waals surface area contributed by atoms with Gasteiger partial charge in [-0.2, -0.15) is 0 Å². The molecule has 0 atom stereocenters. The second-order valence-electron chi connectivity index (χ2n) is 6.85. The Bertz CT molecular complexity index is 1270. The van der Waals surface area contributed by atoms with Crippen LogP contribution in [-0.4, -0.2) is 18.5 Å². The van der Waals surface area contributed by atoms with Crippen molar-refractivity contribution in [3.05, 3.63) is 88.3 Å². The number of fused-ring (bicyclic) bond motifs is 2. The highest BCUT2D eigenvalue weighted by atomic mass is 16.5. The van der Waals surface area contributed by atoms with E-state index in [2.05, 4.69) is 5.32 Å². The van der Waals surface area contributed by atoms with Crippen molar-refractivity contribution < 1.29 is 19.1 Å². The van der Waals surface area contributed by atoms with Gasteiger partial charge in [0.1, 0.15) is 11.5 Å². The zero-order valence-electron chi connectivity index (χ0n) is 15.7. The molecule has 5 nitrogen and oxygen atoms in total. The van der Waals surface area contributed by atoms with Gasteiger partial charge in [-0.05, 0) is 42.3 Å². The van der Waals surface area contributed by atoms with Gasteiger partial charge in [-0.15, -0.1) is 0 Å². The normalized spacial score (nSPS) is 14.4. The molecule has 0 unspecified atom stereocenters. The van der Waals surface area contributed by atoms with Crippen LogP contribution in [0.3, 0.4) is 0 Å². The number of hydrogen-bond donors (Lipinski definition) is 1. The topological polar surface area (TPSA) is 64.6 Å². The van der Waals surface area contributed by atoms with E-state index < -0.39 is 11.9 Å². The summed E-state index contributed by atoms with van der Waals surface area (Å²) in [5.41, 5.74) is 3.45. The minimum Gasteiger partial charge on any atom is -0.422 e. The van der Waals surface area contributed by atoms with Crippen LogP contribution >= 0.6 is 0 Å². The van der Waals surface area contributed by atoms with Gasteiger partial charge in [0.2, 0.25) is 0 Å². The molecule has 0 saturated carbocycles. The fraction of sp³-hybridized carbons (Fsp3) is 0.0833. The van der Waals surface area contributed by atoms with E-state index in [1.165, 1.54) is 0 Å². The number of esters is 2. The van der Waals surface area contributed by atoms with E-state index in [-0.39, 0.29) is 0 Å². The van der Waals surface area contributed by atoms with Gasteiger partial charge >= 0.3 is 11.9 Å². The van der Waals surface area contributed by atoms with Gasteiger partial charge in [0.05, 0.1) is 11.1 Å². The summed E-state index contributed by atoms with van der Waals surface area (Å²) in [6.07, 6.45) is 0. The van der Waals surface area contributed by atoms with Gasteiger partial charge in [0, 0.05) is 22.7 Å². The van der Waals surface area contributed by atoms with Crippen molar-refractivity contribution in [2.24, 2.45) is 0 Å². The maximum Gasteiger partial charge on any atom is 0.344 e. The predicted octanol–water partition coefficient (Wildman–Crippen LogP) is 2.35. The van der Waals surface area contributed by atoms with E-state index >= 15 is 0 Å². The Morgan fingerprint density at radius 1 is 0.724 bits per heavy atom. The molecule has 0 saturated heterocycles. The van der Waals surface area contributed by atoms with E-state index in [4.69, 9.17) is 9.47 Å². The molecule has 2 heterocycles. The monoisotopic (exact) mass is 383 g/mol. The maximum absolute atomic E-state index is 12.6. The van der Waals surface area contributed by atoms with Crippen LogP contribution in [0, 0.1) is 0 Å². The van der Waals surface area contributed by atoms with Crippen LogP contribution in [0.2, 0.25) is 0 Å². The predicted molar refractivity (Wildman–Crippen MR) is 109 cm³/mol. The standard InChI is InChI=1S/C24H17NO4/c1-2-25-16-10-8-15(9-11-16)22-18-13-19-17(12-20(18)29-24(22)27)21(23(26)28-19)14-6-4-3-5-7-14/h3-13,25H,2H2,1H3. The lowest BCUT2D eigenvalue weighted by molar-refractivity contribution is -0.128. The van der Waals surface area contributed by atoms with Gasteiger partial charge in [-0.3, -0.25) is 0 Å². The first-order valence-corrected chi connectivity index (χ1v) is 9.42. The minimum absolute atomic E-state index is 0.405. The van der Waals surface area contributed by atoms with Crippen molar-refractivity contribution in [3.63, 3.8) is 0 Å². The van der Waals surface area contributed by atoms with Gasteiger partial charge in [0.25, 0.3) is 0 Å². The van der Waals surface area contributed by atoms with E-state index in [1.807, 2.05) is 61.5 Å². The first-order chi connectivity index (χ1) is 14.2. The first kappa shape index (κ1) is 17.3. The summed E-state index contributed by atoms with van der Waals surface area (Å²) in [4.78, 5) is 25.1. The molecule has 0 bridgehead atoms. The Hall–Kier alpha value is -3.86. The molecule has 0 amide bonds. The second kappa shape index (κ2) is 6.63. The van der Waals surface area contributed by atoms with Crippen LogP contribution in [-0.2, 0) is 9.59 Å². The lowest BCUT2D eigenvalue weighted by Crippen LogP contribution is -2.11. The average Bonchev–Trinajstić information content (AvgIpc) is 3.22. The van der Waals surface area contributed by atoms with Gasteiger partial charge in [0.15, 0.2) is 0 Å². The van der Waals surface area contributed by atoms with Crippen molar-refractivity contribution >= 4 is 28.8 Å². The Labute approximate surface area is 166 Å². The minimum atomic E-state index is -0.410. The SMILES string of the molecule is CCNc1ccc(C2=c3cc4c(cc3OC2=O)=C(c2ccccc2)C(=O)O4)cc1. The van der Waals surface area contributed by atoms with E-state index in [9.17, 15) is 9.59 Å². The first-order valence-electron chi connectivity index (χ1n) is 9.42. The molecule has 0 aliphatic carbocycles. The zero-order valence-corrected chi connectivity index (χ0v) is 15.7. The summed E-state index contributed by atoms with van der Waals surface area (Å²) in [7, 11) is 0.